The number of nitrogens with zero attached hydrogens (tertiary/aromatic N) is 2. The van der Waals surface area contributed by atoms with Gasteiger partial charge in [0, 0.05) is 31.4 Å². The second kappa shape index (κ2) is 11.2. The number of likely N-dealkylation sites (tertiary alicyclic amines) is 1. The molecular weight excluding hydrogens is 446 g/mol. The number of hydrogen-bond acceptors (Lipinski definition) is 7. The van der Waals surface area contributed by atoms with Gasteiger partial charge in [-0.25, -0.2) is 0 Å². The van der Waals surface area contributed by atoms with Gasteiger partial charge in [-0.2, -0.15) is 0 Å². The molecule has 2 aromatic rings. The van der Waals surface area contributed by atoms with Gasteiger partial charge in [-0.3, -0.25) is 20.5 Å². The molecule has 1 aliphatic heterocycles. The van der Waals surface area contributed by atoms with Crippen LogP contribution < -0.4 is 15.0 Å². The van der Waals surface area contributed by atoms with Crippen LogP contribution in [0.3, 0.4) is 0 Å². The molecule has 9 nitrogen and oxygen atoms in total. The Morgan fingerprint density at radius 3 is 2.34 bits per heavy atom. The van der Waals surface area contributed by atoms with Crippen LogP contribution in [-0.2, 0) is 4.79 Å². The molecule has 0 bridgehead atoms. The van der Waals surface area contributed by atoms with Crippen molar-refractivity contribution in [3.05, 3.63) is 47.5 Å². The minimum absolute atomic E-state index is 0.0607. The number of benzene rings is 2. The molecule has 3 rings (SSSR count). The molecule has 1 saturated heterocycles. The van der Waals surface area contributed by atoms with Crippen molar-refractivity contribution >= 4 is 23.3 Å². The minimum Gasteiger partial charge on any atom is -0.508 e. The summed E-state index contributed by atoms with van der Waals surface area (Å²) in [6, 6.07) is 9.60. The first-order valence-electron chi connectivity index (χ1n) is 11.9. The SMILES string of the molecule is CCNC(=O)C(=N)N(C(=N)c1cc(C(C)C)c(O)cc1O)c1ccc(OC2CCN(C)CC2)cc1. The van der Waals surface area contributed by atoms with Crippen molar-refractivity contribution in [1.82, 2.24) is 10.2 Å². The number of likely N-dealkylation sites (N-methyl/N-ethyl adjacent to an activating group) is 1. The van der Waals surface area contributed by atoms with E-state index in [0.29, 0.717) is 23.5 Å². The fraction of sp³-hybridized carbons (Fsp3) is 0.423. The number of amidine groups is 2. The Kier molecular flexibility index (Phi) is 8.34. The average Bonchev–Trinajstić information content (AvgIpc) is 2.81. The predicted octanol–water partition coefficient (Wildman–Crippen LogP) is 3.64. The molecule has 1 amide bonds. The number of piperidine rings is 1. The van der Waals surface area contributed by atoms with Crippen LogP contribution in [0.5, 0.6) is 17.2 Å². The zero-order valence-corrected chi connectivity index (χ0v) is 20.8. The van der Waals surface area contributed by atoms with Crippen molar-refractivity contribution in [2.24, 2.45) is 0 Å². The highest BCUT2D eigenvalue weighted by Gasteiger charge is 2.27. The van der Waals surface area contributed by atoms with Crippen LogP contribution in [0.15, 0.2) is 36.4 Å². The fourth-order valence-corrected chi connectivity index (χ4v) is 4.05. The second-order valence-electron chi connectivity index (χ2n) is 9.09. The third kappa shape index (κ3) is 6.10. The normalized spacial score (nSPS) is 14.5. The van der Waals surface area contributed by atoms with Crippen LogP contribution in [0, 0.1) is 10.8 Å². The van der Waals surface area contributed by atoms with Gasteiger partial charge in [0.25, 0.3) is 5.91 Å². The van der Waals surface area contributed by atoms with Gasteiger partial charge < -0.3 is 25.2 Å². The topological polar surface area (TPSA) is 133 Å². The van der Waals surface area contributed by atoms with Gasteiger partial charge >= 0.3 is 0 Å². The highest BCUT2D eigenvalue weighted by Crippen LogP contribution is 2.34. The Bertz CT molecular complexity index is 1080. The van der Waals surface area contributed by atoms with Crippen LogP contribution in [0.2, 0.25) is 0 Å². The Morgan fingerprint density at radius 2 is 1.77 bits per heavy atom. The molecule has 0 unspecified atom stereocenters. The number of aromatic hydroxyl groups is 2. The van der Waals surface area contributed by atoms with Crippen LogP contribution in [-0.4, -0.2) is 65.5 Å². The molecule has 0 aliphatic carbocycles. The smallest absolute Gasteiger partial charge is 0.287 e. The number of carbonyl (C=O) groups excluding carboxylic acids is 1. The molecule has 9 heteroatoms. The van der Waals surface area contributed by atoms with Gasteiger partial charge in [0.1, 0.15) is 29.2 Å². The van der Waals surface area contributed by atoms with Gasteiger partial charge in [0.2, 0.25) is 0 Å². The molecule has 0 radical (unpaired) electrons. The number of anilines is 1. The first kappa shape index (κ1) is 26.0. The molecule has 0 atom stereocenters. The summed E-state index contributed by atoms with van der Waals surface area (Å²) in [5.74, 6) is -1.14. The third-order valence-corrected chi connectivity index (χ3v) is 6.09. The average molecular weight is 482 g/mol. The summed E-state index contributed by atoms with van der Waals surface area (Å²) >= 11 is 0. The lowest BCUT2D eigenvalue weighted by atomic mass is 9.98. The van der Waals surface area contributed by atoms with E-state index in [9.17, 15) is 15.0 Å². The summed E-state index contributed by atoms with van der Waals surface area (Å²) in [4.78, 5) is 16.0. The van der Waals surface area contributed by atoms with E-state index >= 15 is 0 Å². The molecule has 0 aromatic heterocycles. The standard InChI is InChI=1S/C26H35N5O4/c1-5-29-26(34)25(28)31(24(27)21-14-20(16(2)3)22(32)15-23(21)33)17-6-8-18(9-7-17)35-19-10-12-30(4)13-11-19/h6-9,14-16,19,27-28,32-33H,5,10-13H2,1-4H3,(H,29,34). The lowest BCUT2D eigenvalue weighted by molar-refractivity contribution is -0.114. The summed E-state index contributed by atoms with van der Waals surface area (Å²) in [6.45, 7) is 7.80. The highest BCUT2D eigenvalue weighted by atomic mass is 16.5. The molecule has 188 valence electrons. The number of ether oxygens (including phenoxy) is 1. The van der Waals surface area contributed by atoms with Gasteiger partial charge in [0.05, 0.1) is 5.56 Å². The van der Waals surface area contributed by atoms with E-state index in [4.69, 9.17) is 15.6 Å². The van der Waals surface area contributed by atoms with Gasteiger partial charge in [-0.1, -0.05) is 13.8 Å². The first-order valence-corrected chi connectivity index (χ1v) is 11.9. The van der Waals surface area contributed by atoms with Crippen LogP contribution in [0.1, 0.15) is 50.7 Å². The lowest BCUT2D eigenvalue weighted by Gasteiger charge is -2.29. The fourth-order valence-electron chi connectivity index (χ4n) is 4.05. The maximum atomic E-state index is 12.6. The molecule has 1 fully saturated rings. The van der Waals surface area contributed by atoms with E-state index in [0.717, 1.165) is 25.9 Å². The number of rotatable bonds is 6. The molecule has 35 heavy (non-hydrogen) atoms. The molecule has 0 saturated carbocycles. The Morgan fingerprint density at radius 1 is 1.14 bits per heavy atom. The van der Waals surface area contributed by atoms with Crippen molar-refractivity contribution in [2.75, 3.05) is 31.6 Å². The van der Waals surface area contributed by atoms with Gasteiger partial charge in [-0.05, 0) is 68.6 Å². The van der Waals surface area contributed by atoms with Crippen molar-refractivity contribution in [1.29, 1.82) is 10.8 Å². The number of carbonyl (C=O) groups is 1. The monoisotopic (exact) mass is 481 g/mol. The Labute approximate surface area is 206 Å². The maximum Gasteiger partial charge on any atom is 0.287 e. The van der Waals surface area contributed by atoms with Crippen LogP contribution in [0.25, 0.3) is 0 Å². The number of amides is 1. The highest BCUT2D eigenvalue weighted by molar-refractivity contribution is 6.48. The zero-order chi connectivity index (χ0) is 25.7. The Balaban J connectivity index is 1.93. The molecule has 1 aliphatic rings. The third-order valence-electron chi connectivity index (χ3n) is 6.09. The summed E-state index contributed by atoms with van der Waals surface area (Å²) in [7, 11) is 2.09. The van der Waals surface area contributed by atoms with E-state index in [1.807, 2.05) is 13.8 Å². The molecule has 1 heterocycles. The van der Waals surface area contributed by atoms with Crippen molar-refractivity contribution < 1.29 is 19.7 Å². The van der Waals surface area contributed by atoms with Crippen LogP contribution >= 0.6 is 0 Å². The summed E-state index contributed by atoms with van der Waals surface area (Å²) in [5, 5.41) is 40.6. The van der Waals surface area contributed by atoms with E-state index in [1.165, 1.54) is 17.0 Å². The quantitative estimate of drug-likeness (QED) is 0.316. The molecule has 5 N–H and O–H groups in total. The Hall–Kier alpha value is -3.59. The maximum absolute atomic E-state index is 12.6. The summed E-state index contributed by atoms with van der Waals surface area (Å²) < 4.78 is 6.10. The first-order chi connectivity index (χ1) is 16.6. The largest absolute Gasteiger partial charge is 0.508 e. The minimum atomic E-state index is -0.647. The van der Waals surface area contributed by atoms with E-state index < -0.39 is 11.7 Å². The van der Waals surface area contributed by atoms with Gasteiger partial charge in [0.15, 0.2) is 5.84 Å². The molecule has 2 aromatic carbocycles. The van der Waals surface area contributed by atoms with Crippen molar-refractivity contribution in [2.45, 2.75) is 45.6 Å². The van der Waals surface area contributed by atoms with E-state index in [-0.39, 0.29) is 34.9 Å². The zero-order valence-electron chi connectivity index (χ0n) is 20.8. The second-order valence-corrected chi connectivity index (χ2v) is 9.09. The van der Waals surface area contributed by atoms with Crippen molar-refractivity contribution in [3.8, 4) is 17.2 Å². The molecule has 0 spiro atoms. The predicted molar refractivity (Wildman–Crippen MR) is 137 cm³/mol. The number of phenols is 2. The number of hydrogen-bond donors (Lipinski definition) is 5. The molecular formula is C26H35N5O4. The lowest BCUT2D eigenvalue weighted by Crippen LogP contribution is -2.46. The van der Waals surface area contributed by atoms with Crippen LogP contribution in [0.4, 0.5) is 5.69 Å². The van der Waals surface area contributed by atoms with Gasteiger partial charge in [-0.15, -0.1) is 0 Å². The van der Waals surface area contributed by atoms with Crippen molar-refractivity contribution in [3.63, 3.8) is 0 Å². The number of phenolic OH excluding ortho intramolecular Hbond substituents is 2. The summed E-state index contributed by atoms with van der Waals surface area (Å²) in [5.41, 5.74) is 1.06. The number of nitrogens with one attached hydrogen (secondary N) is 3. The van der Waals surface area contributed by atoms with E-state index in [1.54, 1.807) is 31.2 Å². The summed E-state index contributed by atoms with van der Waals surface area (Å²) in [6.07, 6.45) is 2.01. The van der Waals surface area contributed by atoms with E-state index in [2.05, 4.69) is 17.3 Å².